The zero-order valence-electron chi connectivity index (χ0n) is 14.1. The molecule has 0 aromatic heterocycles. The Morgan fingerprint density at radius 1 is 1.04 bits per heavy atom. The van der Waals surface area contributed by atoms with E-state index in [4.69, 9.17) is 0 Å². The molecule has 1 aromatic carbocycles. The van der Waals surface area contributed by atoms with E-state index in [1.165, 1.54) is 0 Å². The highest BCUT2D eigenvalue weighted by atomic mass is 16.2. The van der Waals surface area contributed by atoms with Gasteiger partial charge in [0, 0.05) is 31.1 Å². The van der Waals surface area contributed by atoms with Crippen molar-refractivity contribution in [3.05, 3.63) is 35.9 Å². The molecule has 2 amide bonds. The second-order valence-corrected chi connectivity index (χ2v) is 7.17. The molecule has 4 heteroatoms. The van der Waals surface area contributed by atoms with E-state index in [1.54, 1.807) is 0 Å². The lowest BCUT2D eigenvalue weighted by molar-refractivity contribution is -0.140. The quantitative estimate of drug-likeness (QED) is 0.842. The summed E-state index contributed by atoms with van der Waals surface area (Å²) in [6.45, 7) is 6.23. The fraction of sp³-hybridized carbons (Fsp3) is 0.579. The first-order valence-electron chi connectivity index (χ1n) is 8.69. The van der Waals surface area contributed by atoms with Gasteiger partial charge in [-0.25, -0.2) is 0 Å². The summed E-state index contributed by atoms with van der Waals surface area (Å²) in [6.07, 6.45) is 4.06. The molecule has 2 fully saturated rings. The Balaban J connectivity index is 1.80. The van der Waals surface area contributed by atoms with Gasteiger partial charge in [-0.1, -0.05) is 32.0 Å². The zero-order chi connectivity index (χ0) is 16.4. The maximum atomic E-state index is 12.8. The molecule has 23 heavy (non-hydrogen) atoms. The lowest BCUT2D eigenvalue weighted by atomic mass is 9.85. The van der Waals surface area contributed by atoms with E-state index >= 15 is 0 Å². The molecule has 2 saturated heterocycles. The van der Waals surface area contributed by atoms with Crippen LogP contribution < -0.4 is 0 Å². The molecule has 0 aliphatic carbocycles. The zero-order valence-corrected chi connectivity index (χ0v) is 14.1. The first kappa shape index (κ1) is 16.0. The van der Waals surface area contributed by atoms with Crippen LogP contribution in [-0.4, -0.2) is 46.8 Å². The Hall–Kier alpha value is -1.84. The summed E-state index contributed by atoms with van der Waals surface area (Å²) in [5.41, 5.74) is 0.605. The summed E-state index contributed by atoms with van der Waals surface area (Å²) in [5, 5.41) is 0. The van der Waals surface area contributed by atoms with Crippen LogP contribution >= 0.6 is 0 Å². The summed E-state index contributed by atoms with van der Waals surface area (Å²) in [4.78, 5) is 29.4. The van der Waals surface area contributed by atoms with Crippen molar-refractivity contribution < 1.29 is 9.59 Å². The fourth-order valence-corrected chi connectivity index (χ4v) is 4.07. The van der Waals surface area contributed by atoms with Gasteiger partial charge in [0.1, 0.15) is 0 Å². The standard InChI is InChI=1S/C19H26N2O2/c1-15(2)17(22)21-13-7-11-19(21)10-6-12-20(14-19)18(23)16-8-4-3-5-9-16/h3-5,8-9,15H,6-7,10-14H2,1-2H3/t19-/m1/s1. The molecular weight excluding hydrogens is 288 g/mol. The van der Waals surface area contributed by atoms with Crippen LogP contribution in [0.25, 0.3) is 0 Å². The summed E-state index contributed by atoms with van der Waals surface area (Å²) in [7, 11) is 0. The molecule has 0 unspecified atom stereocenters. The molecule has 1 spiro atoms. The van der Waals surface area contributed by atoms with E-state index in [2.05, 4.69) is 4.90 Å². The molecule has 1 atom stereocenters. The van der Waals surface area contributed by atoms with Crippen LogP contribution in [0.3, 0.4) is 0 Å². The van der Waals surface area contributed by atoms with Gasteiger partial charge < -0.3 is 9.80 Å². The Kier molecular flexibility index (Phi) is 4.42. The van der Waals surface area contributed by atoms with Crippen LogP contribution in [0.5, 0.6) is 0 Å². The molecule has 3 rings (SSSR count). The minimum atomic E-state index is -0.135. The van der Waals surface area contributed by atoms with Gasteiger partial charge in [-0.15, -0.1) is 0 Å². The van der Waals surface area contributed by atoms with Crippen molar-refractivity contribution in [2.45, 2.75) is 45.1 Å². The van der Waals surface area contributed by atoms with E-state index in [-0.39, 0.29) is 23.3 Å². The van der Waals surface area contributed by atoms with Gasteiger partial charge in [0.05, 0.1) is 5.54 Å². The third kappa shape index (κ3) is 2.99. The number of carbonyl (C=O) groups excluding carboxylic acids is 2. The van der Waals surface area contributed by atoms with Crippen LogP contribution in [0.4, 0.5) is 0 Å². The van der Waals surface area contributed by atoms with Crippen molar-refractivity contribution >= 4 is 11.8 Å². The summed E-state index contributed by atoms with van der Waals surface area (Å²) >= 11 is 0. The van der Waals surface area contributed by atoms with E-state index in [9.17, 15) is 9.59 Å². The first-order chi connectivity index (χ1) is 11.0. The van der Waals surface area contributed by atoms with Gasteiger partial charge >= 0.3 is 0 Å². The molecule has 0 saturated carbocycles. The highest BCUT2D eigenvalue weighted by Gasteiger charge is 2.47. The van der Waals surface area contributed by atoms with E-state index < -0.39 is 0 Å². The molecule has 2 aliphatic heterocycles. The molecule has 2 heterocycles. The Bertz CT molecular complexity index is 584. The average Bonchev–Trinajstić information content (AvgIpc) is 2.96. The van der Waals surface area contributed by atoms with Crippen LogP contribution in [0.1, 0.15) is 49.9 Å². The second kappa shape index (κ2) is 6.34. The van der Waals surface area contributed by atoms with Crippen LogP contribution in [0.15, 0.2) is 30.3 Å². The molecule has 2 aliphatic rings. The molecule has 124 valence electrons. The molecule has 0 N–H and O–H groups in total. The minimum Gasteiger partial charge on any atom is -0.336 e. The van der Waals surface area contributed by atoms with Crippen LogP contribution in [0.2, 0.25) is 0 Å². The van der Waals surface area contributed by atoms with Gasteiger partial charge in [-0.2, -0.15) is 0 Å². The third-order valence-electron chi connectivity index (χ3n) is 5.22. The number of benzene rings is 1. The maximum Gasteiger partial charge on any atom is 0.253 e. The molecule has 1 aromatic rings. The summed E-state index contributed by atoms with van der Waals surface area (Å²) in [6, 6.07) is 9.47. The van der Waals surface area contributed by atoms with Crippen molar-refractivity contribution in [1.29, 1.82) is 0 Å². The fourth-order valence-electron chi connectivity index (χ4n) is 4.07. The maximum absolute atomic E-state index is 12.8. The summed E-state index contributed by atoms with van der Waals surface area (Å²) in [5.74, 6) is 0.343. The van der Waals surface area contributed by atoms with Gasteiger partial charge in [-0.3, -0.25) is 9.59 Å². The van der Waals surface area contributed by atoms with Gasteiger partial charge in [0.2, 0.25) is 5.91 Å². The van der Waals surface area contributed by atoms with Gasteiger partial charge in [0.15, 0.2) is 0 Å². The second-order valence-electron chi connectivity index (χ2n) is 7.17. The average molecular weight is 314 g/mol. The highest BCUT2D eigenvalue weighted by molar-refractivity contribution is 5.94. The van der Waals surface area contributed by atoms with Crippen molar-refractivity contribution in [2.24, 2.45) is 5.92 Å². The SMILES string of the molecule is CC(C)C(=O)N1CCC[C@@]12CCCN(C(=O)c1ccccc1)C2. The normalized spacial score (nSPS) is 24.5. The lowest BCUT2D eigenvalue weighted by Crippen LogP contribution is -2.59. The number of amides is 2. The van der Waals surface area contributed by atoms with E-state index in [0.29, 0.717) is 6.54 Å². The van der Waals surface area contributed by atoms with Crippen molar-refractivity contribution in [1.82, 2.24) is 9.80 Å². The van der Waals surface area contributed by atoms with Crippen molar-refractivity contribution in [3.8, 4) is 0 Å². The molecule has 0 radical (unpaired) electrons. The number of nitrogens with zero attached hydrogens (tertiary/aromatic N) is 2. The Morgan fingerprint density at radius 3 is 2.35 bits per heavy atom. The number of carbonyl (C=O) groups is 2. The molecule has 4 nitrogen and oxygen atoms in total. The Morgan fingerprint density at radius 2 is 1.70 bits per heavy atom. The predicted molar refractivity (Wildman–Crippen MR) is 90.1 cm³/mol. The van der Waals surface area contributed by atoms with Crippen LogP contribution in [-0.2, 0) is 4.79 Å². The predicted octanol–water partition coefficient (Wildman–Crippen LogP) is 2.94. The monoisotopic (exact) mass is 314 g/mol. The lowest BCUT2D eigenvalue weighted by Gasteiger charge is -2.46. The number of hydrogen-bond acceptors (Lipinski definition) is 2. The Labute approximate surface area is 138 Å². The number of likely N-dealkylation sites (tertiary alicyclic amines) is 2. The van der Waals surface area contributed by atoms with E-state index in [1.807, 2.05) is 49.1 Å². The third-order valence-corrected chi connectivity index (χ3v) is 5.22. The van der Waals surface area contributed by atoms with Crippen molar-refractivity contribution in [2.75, 3.05) is 19.6 Å². The largest absolute Gasteiger partial charge is 0.336 e. The molecule has 0 bridgehead atoms. The summed E-state index contributed by atoms with van der Waals surface area (Å²) < 4.78 is 0. The highest BCUT2D eigenvalue weighted by Crippen LogP contribution is 2.38. The number of hydrogen-bond donors (Lipinski definition) is 0. The van der Waals surface area contributed by atoms with Crippen LogP contribution in [0, 0.1) is 5.92 Å². The number of piperidine rings is 1. The van der Waals surface area contributed by atoms with Gasteiger partial charge in [-0.05, 0) is 37.8 Å². The van der Waals surface area contributed by atoms with Crippen molar-refractivity contribution in [3.63, 3.8) is 0 Å². The van der Waals surface area contributed by atoms with E-state index in [0.717, 1.165) is 44.3 Å². The van der Waals surface area contributed by atoms with Gasteiger partial charge in [0.25, 0.3) is 5.91 Å². The molecular formula is C19H26N2O2. The minimum absolute atomic E-state index is 0.0187. The topological polar surface area (TPSA) is 40.6 Å². The smallest absolute Gasteiger partial charge is 0.253 e. The first-order valence-corrected chi connectivity index (χ1v) is 8.69. The number of rotatable bonds is 2.